The van der Waals surface area contributed by atoms with Crippen LogP contribution in [0.4, 0.5) is 45.5 Å². The zero-order valence-electron chi connectivity index (χ0n) is 48.7. The average molecular weight is 1030 g/mol. The van der Waals surface area contributed by atoms with Crippen molar-refractivity contribution in [3.63, 3.8) is 0 Å². The summed E-state index contributed by atoms with van der Waals surface area (Å²) in [5.74, 6) is 0. The molecule has 6 heterocycles. The Morgan fingerprint density at radius 1 is 0.506 bits per heavy atom. The summed E-state index contributed by atoms with van der Waals surface area (Å²) in [5, 5.41) is 3.40. The van der Waals surface area contributed by atoms with Crippen molar-refractivity contribution in [2.45, 2.75) is 135 Å². The third kappa shape index (κ3) is 7.17. The maximum absolute atomic E-state index is 4.58. The van der Waals surface area contributed by atoms with Gasteiger partial charge in [-0.1, -0.05) is 180 Å². The lowest BCUT2D eigenvalue weighted by molar-refractivity contribution is 0.245. The topological polar surface area (TPSA) is 34.1 Å². The van der Waals surface area contributed by atoms with Crippen LogP contribution in [0, 0.1) is 0 Å². The summed E-state index contributed by atoms with van der Waals surface area (Å²) in [7, 11) is 0. The molecular formula is C73H74BN5. The number of aliphatic imine (C=N–C) groups is 1. The quantitative estimate of drug-likeness (QED) is 0.179. The number of anilines is 8. The number of hydrogen-bond donors (Lipinski definition) is 1. The number of fused-ring (bicyclic) bond motifs is 10. The van der Waals surface area contributed by atoms with E-state index in [1.54, 1.807) is 6.34 Å². The van der Waals surface area contributed by atoms with Crippen molar-refractivity contribution in [1.82, 2.24) is 5.32 Å². The van der Waals surface area contributed by atoms with E-state index in [0.717, 1.165) is 25.1 Å². The molecule has 0 saturated heterocycles. The van der Waals surface area contributed by atoms with Crippen LogP contribution in [0.25, 0.3) is 16.7 Å². The first-order chi connectivity index (χ1) is 37.6. The maximum Gasteiger partial charge on any atom is 0.252 e. The lowest BCUT2D eigenvalue weighted by atomic mass is 9.33. The molecule has 15 rings (SSSR count). The predicted molar refractivity (Wildman–Crippen MR) is 337 cm³/mol. The van der Waals surface area contributed by atoms with Gasteiger partial charge in [0, 0.05) is 68.9 Å². The van der Waals surface area contributed by atoms with Crippen LogP contribution < -0.4 is 36.4 Å². The first-order valence-electron chi connectivity index (χ1n) is 29.0. The first kappa shape index (κ1) is 49.7. The summed E-state index contributed by atoms with van der Waals surface area (Å²) in [6.07, 6.45) is 5.89. The molecule has 7 aliphatic rings. The van der Waals surface area contributed by atoms with Crippen molar-refractivity contribution in [2.75, 3.05) is 21.2 Å². The van der Waals surface area contributed by atoms with Gasteiger partial charge < -0.3 is 20.0 Å². The van der Waals surface area contributed by atoms with Crippen LogP contribution in [0.1, 0.15) is 147 Å². The SMILES string of the molecule is CC(C)(C)c1ccc(N2c3ccc(C(C)(C)C)cc3B3c4ccc5cc4N(c4ccc(C(C)(C)C)cc4-c4ccc(cc4)C5(C)C)c4cc(N5c6ccc(C7=CN=CNC7)cc6C6(C)CCc7ccccc7C56C)cc2c43)cc1. The smallest absolute Gasteiger partial charge is 0.252 e. The summed E-state index contributed by atoms with van der Waals surface area (Å²) in [5.41, 5.74) is 28.4. The molecule has 0 saturated carbocycles. The minimum Gasteiger partial charge on any atom is -0.372 e. The van der Waals surface area contributed by atoms with Crippen molar-refractivity contribution in [2.24, 2.45) is 4.99 Å². The highest BCUT2D eigenvalue weighted by Crippen LogP contribution is 2.65. The Hall–Kier alpha value is -7.57. The lowest BCUT2D eigenvalue weighted by Crippen LogP contribution is -2.61. The summed E-state index contributed by atoms with van der Waals surface area (Å²) in [6.45, 7) is 31.7. The van der Waals surface area contributed by atoms with E-state index in [1.165, 1.54) is 123 Å². The summed E-state index contributed by atoms with van der Waals surface area (Å²) in [6, 6.07) is 63.1. The van der Waals surface area contributed by atoms with Gasteiger partial charge in [0.25, 0.3) is 6.71 Å². The number of nitrogens with one attached hydrogen (secondary N) is 1. The molecule has 8 aromatic carbocycles. The van der Waals surface area contributed by atoms with Crippen LogP contribution in [0.15, 0.2) is 169 Å². The fourth-order valence-electron chi connectivity index (χ4n) is 14.7. The number of aryl methyl sites for hydroxylation is 1. The minimum atomic E-state index is -0.456. The molecule has 2 unspecified atom stereocenters. The molecule has 0 radical (unpaired) electrons. The molecule has 0 amide bonds. The van der Waals surface area contributed by atoms with Gasteiger partial charge in [-0.3, -0.25) is 0 Å². The second-order valence-electron chi connectivity index (χ2n) is 27.7. The van der Waals surface area contributed by atoms with Gasteiger partial charge in [-0.05, 0) is 174 Å². The highest BCUT2D eigenvalue weighted by molar-refractivity contribution is 7.00. The molecule has 5 nitrogen and oxygen atoms in total. The van der Waals surface area contributed by atoms with E-state index in [4.69, 9.17) is 0 Å². The van der Waals surface area contributed by atoms with Gasteiger partial charge in [-0.15, -0.1) is 0 Å². The Kier molecular flexibility index (Phi) is 10.5. The van der Waals surface area contributed by atoms with Crippen molar-refractivity contribution in [1.29, 1.82) is 0 Å². The van der Waals surface area contributed by atoms with Crippen molar-refractivity contribution < 1.29 is 0 Å². The van der Waals surface area contributed by atoms with Crippen LogP contribution in [-0.4, -0.2) is 19.6 Å². The van der Waals surface area contributed by atoms with Crippen LogP contribution in [0.5, 0.6) is 0 Å². The molecule has 0 spiro atoms. The number of hydrogen-bond acceptors (Lipinski definition) is 5. The summed E-state index contributed by atoms with van der Waals surface area (Å²) >= 11 is 0. The van der Waals surface area contributed by atoms with Crippen molar-refractivity contribution in [3.05, 3.63) is 214 Å². The van der Waals surface area contributed by atoms with Gasteiger partial charge in [0.15, 0.2) is 0 Å². The zero-order valence-corrected chi connectivity index (χ0v) is 48.7. The van der Waals surface area contributed by atoms with Gasteiger partial charge in [-0.25, -0.2) is 4.99 Å². The summed E-state index contributed by atoms with van der Waals surface area (Å²) < 4.78 is 0. The summed E-state index contributed by atoms with van der Waals surface area (Å²) in [4.78, 5) is 12.7. The Labute approximate surface area is 470 Å². The van der Waals surface area contributed by atoms with Gasteiger partial charge in [-0.2, -0.15) is 0 Å². The van der Waals surface area contributed by atoms with E-state index in [2.05, 4.69) is 273 Å². The standard InChI is InChI=1S/C73H74BN5/c1-68(2,3)49-23-28-54(29-24-49)77-63-33-27-52(70(7,8)9)38-60(63)74-59-30-25-53-39-64(59)78(61-32-26-51(69(4,5)6)37-56(61)45-18-21-50(22-19-45)71(53,10)11)66-41-55(40-65(77)67(66)74)79-62-31-20-47(48-42-75-44-76-43-48)36-58(62)72(12)35-34-46-16-14-15-17-57(46)73(72,79)13/h14-33,36-42,44H,34-35,43H2,1-13H3,(H,75,76). The van der Waals surface area contributed by atoms with Gasteiger partial charge >= 0.3 is 0 Å². The Morgan fingerprint density at radius 2 is 1.14 bits per heavy atom. The van der Waals surface area contributed by atoms with Gasteiger partial charge in [0.1, 0.15) is 0 Å². The number of benzene rings is 8. The molecule has 0 aromatic heterocycles. The molecule has 4 bridgehead atoms. The number of nitrogens with zero attached hydrogens (tertiary/aromatic N) is 4. The van der Waals surface area contributed by atoms with E-state index in [1.807, 2.05) is 6.20 Å². The van der Waals surface area contributed by atoms with Crippen molar-refractivity contribution >= 4 is 80.5 Å². The number of rotatable bonds is 3. The van der Waals surface area contributed by atoms with Crippen LogP contribution in [0.3, 0.4) is 0 Å². The molecule has 79 heavy (non-hydrogen) atoms. The molecule has 6 heteroatoms. The molecule has 2 atom stereocenters. The lowest BCUT2D eigenvalue weighted by Gasteiger charge is -2.52. The minimum absolute atomic E-state index is 0.00231. The molecule has 8 aromatic rings. The molecule has 1 aliphatic carbocycles. The van der Waals surface area contributed by atoms with Gasteiger partial charge in [0.05, 0.1) is 17.6 Å². The first-order valence-corrected chi connectivity index (χ1v) is 29.0. The van der Waals surface area contributed by atoms with E-state index >= 15 is 0 Å². The fourth-order valence-corrected chi connectivity index (χ4v) is 14.7. The van der Waals surface area contributed by atoms with Crippen LogP contribution in [-0.2, 0) is 39.0 Å². The van der Waals surface area contributed by atoms with E-state index in [-0.39, 0.29) is 33.8 Å². The predicted octanol–water partition coefficient (Wildman–Crippen LogP) is 16.2. The second-order valence-corrected chi connectivity index (χ2v) is 27.7. The molecule has 394 valence electrons. The maximum atomic E-state index is 4.58. The Balaban J connectivity index is 1.14. The monoisotopic (exact) mass is 1030 g/mol. The largest absolute Gasteiger partial charge is 0.372 e. The third-order valence-corrected chi connectivity index (χ3v) is 19.8. The van der Waals surface area contributed by atoms with Crippen LogP contribution in [0.2, 0.25) is 0 Å². The normalized spacial score (nSPS) is 20.0. The van der Waals surface area contributed by atoms with E-state index in [9.17, 15) is 0 Å². The molecule has 6 aliphatic heterocycles. The highest BCUT2D eigenvalue weighted by atomic mass is 15.3. The molecular weight excluding hydrogens is 958 g/mol. The molecule has 0 fully saturated rings. The highest BCUT2D eigenvalue weighted by Gasteiger charge is 2.60. The third-order valence-electron chi connectivity index (χ3n) is 19.8. The fraction of sp³-hybridized carbons (Fsp3) is 0.301. The van der Waals surface area contributed by atoms with Gasteiger partial charge in [0.2, 0.25) is 0 Å². The van der Waals surface area contributed by atoms with Crippen LogP contribution >= 0.6 is 0 Å². The van der Waals surface area contributed by atoms with Crippen molar-refractivity contribution in [3.8, 4) is 11.1 Å². The zero-order chi connectivity index (χ0) is 54.9. The Morgan fingerprint density at radius 3 is 1.84 bits per heavy atom. The van der Waals surface area contributed by atoms with E-state index < -0.39 is 5.54 Å². The van der Waals surface area contributed by atoms with E-state index in [0.29, 0.717) is 0 Å². The molecule has 1 N–H and O–H groups in total. The second kappa shape index (κ2) is 16.7. The average Bonchev–Trinajstić information content (AvgIpc) is 3.67. The Bertz CT molecular complexity index is 3930.